The number of hydrogen-bond donors (Lipinski definition) is 2. The van der Waals surface area contributed by atoms with E-state index in [9.17, 15) is 24.6 Å². The maximum atomic E-state index is 15.8. The van der Waals surface area contributed by atoms with Crippen LogP contribution in [-0.4, -0.2) is 90.6 Å². The minimum atomic E-state index is -2.49. The minimum absolute atomic E-state index is 0.104. The van der Waals surface area contributed by atoms with Crippen molar-refractivity contribution in [2.45, 2.75) is 147 Å². The fourth-order valence-electron chi connectivity index (χ4n) is 10.0. The Bertz CT molecular complexity index is 1610. The lowest BCUT2D eigenvalue weighted by molar-refractivity contribution is -0.346. The van der Waals surface area contributed by atoms with Gasteiger partial charge in [0, 0.05) is 25.2 Å². The van der Waals surface area contributed by atoms with Crippen molar-refractivity contribution < 1.29 is 52.8 Å². The first kappa shape index (κ1) is 38.8. The molecule has 0 spiro atoms. The van der Waals surface area contributed by atoms with Crippen LogP contribution in [0.5, 0.6) is 0 Å². The van der Waals surface area contributed by atoms with E-state index in [4.69, 9.17) is 23.4 Å². The summed E-state index contributed by atoms with van der Waals surface area (Å²) in [5.41, 5.74) is -5.77. The lowest BCUT2D eigenvalue weighted by atomic mass is 9.44. The number of hydrogen-bond acceptors (Lipinski definition) is 11. The predicted molar refractivity (Wildman–Crippen MR) is 192 cm³/mol. The molecule has 9 atom stereocenters. The van der Waals surface area contributed by atoms with Crippen molar-refractivity contribution in [1.82, 2.24) is 0 Å². The third kappa shape index (κ3) is 5.74. The number of aliphatic hydroxyl groups excluding tert-OH is 1. The van der Waals surface area contributed by atoms with Gasteiger partial charge in [-0.2, -0.15) is 0 Å². The van der Waals surface area contributed by atoms with Gasteiger partial charge in [0.2, 0.25) is 0 Å². The van der Waals surface area contributed by atoms with E-state index in [2.05, 4.69) is 20.8 Å². The van der Waals surface area contributed by atoms with Gasteiger partial charge in [-0.25, -0.2) is 4.79 Å². The lowest BCUT2D eigenvalue weighted by Crippen LogP contribution is -2.82. The summed E-state index contributed by atoms with van der Waals surface area (Å²) < 4.78 is 32.7. The van der Waals surface area contributed by atoms with Crippen LogP contribution in [0.1, 0.15) is 97.9 Å². The first-order valence-electron chi connectivity index (χ1n) is 19.1. The van der Waals surface area contributed by atoms with Crippen molar-refractivity contribution in [2.75, 3.05) is 6.61 Å². The highest BCUT2D eigenvalue weighted by Crippen LogP contribution is 2.65. The largest absolute Gasteiger partial charge is 0.455 e. The second-order valence-corrected chi connectivity index (χ2v) is 21.3. The van der Waals surface area contributed by atoms with Gasteiger partial charge in [0.25, 0.3) is 0 Å². The number of ketones is 1. The summed E-state index contributed by atoms with van der Waals surface area (Å²) in [6.45, 7) is 14.2. The van der Waals surface area contributed by atoms with Gasteiger partial charge < -0.3 is 33.6 Å². The summed E-state index contributed by atoms with van der Waals surface area (Å²) >= 11 is 0. The third-order valence-corrected chi connectivity index (χ3v) is 18.5. The van der Waals surface area contributed by atoms with Gasteiger partial charge in [-0.3, -0.25) is 14.4 Å². The van der Waals surface area contributed by atoms with Crippen LogP contribution in [0.3, 0.4) is 0 Å². The maximum Gasteiger partial charge on any atom is 0.338 e. The Labute approximate surface area is 307 Å². The summed E-state index contributed by atoms with van der Waals surface area (Å²) in [7, 11) is -2.49. The second kappa shape index (κ2) is 13.7. The Morgan fingerprint density at radius 2 is 1.63 bits per heavy atom. The van der Waals surface area contributed by atoms with Crippen LogP contribution in [0.25, 0.3) is 0 Å². The highest BCUT2D eigenvalue weighted by Gasteiger charge is 2.79. The van der Waals surface area contributed by atoms with Gasteiger partial charge in [-0.15, -0.1) is 0 Å². The van der Waals surface area contributed by atoms with Crippen molar-refractivity contribution in [3.8, 4) is 0 Å². The predicted octanol–water partition coefficient (Wildman–Crippen LogP) is 5.46. The Balaban J connectivity index is 1.67. The van der Waals surface area contributed by atoms with Crippen molar-refractivity contribution in [2.24, 2.45) is 22.7 Å². The molecule has 1 aliphatic heterocycles. The summed E-state index contributed by atoms with van der Waals surface area (Å²) in [6.07, 6.45) is -3.75. The van der Waals surface area contributed by atoms with E-state index in [0.29, 0.717) is 18.4 Å². The molecule has 6 rings (SSSR count). The van der Waals surface area contributed by atoms with Crippen LogP contribution >= 0.6 is 0 Å². The average Bonchev–Trinajstić information content (AvgIpc) is 3.07. The molecule has 0 radical (unpaired) electrons. The molecule has 1 heterocycles. The second-order valence-electron chi connectivity index (χ2n) is 16.6. The normalized spacial score (nSPS) is 36.9. The molecule has 12 heteroatoms. The molecular weight excluding hydrogens is 685 g/mol. The Kier molecular flexibility index (Phi) is 10.3. The Morgan fingerprint density at radius 3 is 2.15 bits per heavy atom. The maximum absolute atomic E-state index is 15.8. The zero-order valence-electron chi connectivity index (χ0n) is 31.9. The van der Waals surface area contributed by atoms with Crippen LogP contribution in [0.4, 0.5) is 0 Å². The molecular formula is C40H56O11Si. The van der Waals surface area contributed by atoms with Crippen molar-refractivity contribution in [3.63, 3.8) is 0 Å². The Morgan fingerprint density at radius 1 is 1.00 bits per heavy atom. The average molecular weight is 741 g/mol. The van der Waals surface area contributed by atoms with Crippen molar-refractivity contribution in [1.29, 1.82) is 0 Å². The molecule has 1 saturated heterocycles. The van der Waals surface area contributed by atoms with Crippen LogP contribution in [-0.2, 0) is 37.8 Å². The van der Waals surface area contributed by atoms with Gasteiger partial charge in [-0.05, 0) is 68.1 Å². The molecule has 2 bridgehead atoms. The van der Waals surface area contributed by atoms with E-state index >= 15 is 4.79 Å². The zero-order valence-corrected chi connectivity index (χ0v) is 32.9. The smallest absolute Gasteiger partial charge is 0.338 e. The Hall–Kier alpha value is -2.90. The van der Waals surface area contributed by atoms with E-state index in [-0.39, 0.29) is 36.5 Å². The number of esters is 3. The number of Topliss-reactive ketones (excluding diaryl/α,β-unsaturated/α-hetero) is 1. The standard InChI is InChI=1S/C40H56O11Si/c1-9-52(10-2,11-3)51-28-20-29-39(22-47-29,50-36(45)26-18-15-19-26)32-34(49-35(44)25-16-13-12-14-17-25)40(46)21-27(42)23(4)30(37(40,6)7)31(48-24(5)41)33(43)38(28,32)8/h12-14,16-17,26-29,31-32,34,42,46H,9-11,15,18-22H2,1-8H3/t27-,28-,29+,31+,32?,34-,38+,39-,40+/m0/s1. The number of fused-ring (bicyclic) bond motifs is 5. The number of rotatable bonds is 10. The first-order chi connectivity index (χ1) is 24.5. The lowest BCUT2D eigenvalue weighted by Gasteiger charge is -2.68. The fourth-order valence-corrected chi connectivity index (χ4v) is 12.9. The van der Waals surface area contributed by atoms with Crippen LogP contribution in [0.2, 0.25) is 18.1 Å². The van der Waals surface area contributed by atoms with Gasteiger partial charge in [-0.1, -0.05) is 59.2 Å². The van der Waals surface area contributed by atoms with Crippen LogP contribution in [0, 0.1) is 22.7 Å². The minimum Gasteiger partial charge on any atom is -0.455 e. The molecule has 0 amide bonds. The summed E-state index contributed by atoms with van der Waals surface area (Å²) in [5.74, 6) is -3.96. The number of carbonyl (C=O) groups is 4. The quantitative estimate of drug-likeness (QED) is 0.136. The molecule has 1 aromatic rings. The topological polar surface area (TPSA) is 155 Å². The molecule has 3 saturated carbocycles. The SMILES string of the molecule is CC[Si](CC)(CC)O[C@H]1C[C@H]2OC[C@@]2(OC(=O)C2CCC2)C2[C@H](OC(=O)c3ccccc3)[C@]3(O)C[C@H](O)C(C)=C([C@@H](OC(C)=O)C(=O)[C@@]21C)C3(C)C. The number of ether oxygens (including phenoxy) is 4. The third-order valence-electron chi connectivity index (χ3n) is 13.9. The van der Waals surface area contributed by atoms with E-state index < -0.39 is 90.5 Å². The zero-order chi connectivity index (χ0) is 38.0. The van der Waals surface area contributed by atoms with Crippen molar-refractivity contribution >= 4 is 32.0 Å². The van der Waals surface area contributed by atoms with E-state index in [1.54, 1.807) is 58.0 Å². The van der Waals surface area contributed by atoms with E-state index in [0.717, 1.165) is 24.6 Å². The van der Waals surface area contributed by atoms with E-state index in [1.807, 2.05) is 0 Å². The summed E-state index contributed by atoms with van der Waals surface area (Å²) in [5, 5.41) is 25.1. The molecule has 5 aliphatic rings. The van der Waals surface area contributed by atoms with Crippen molar-refractivity contribution in [3.05, 3.63) is 47.0 Å². The van der Waals surface area contributed by atoms with Gasteiger partial charge in [0.15, 0.2) is 25.8 Å². The fraction of sp³-hybridized carbons (Fsp3) is 0.700. The monoisotopic (exact) mass is 740 g/mol. The number of carbonyl (C=O) groups excluding carboxylic acids is 4. The molecule has 52 heavy (non-hydrogen) atoms. The van der Waals surface area contributed by atoms with Gasteiger partial charge >= 0.3 is 17.9 Å². The van der Waals surface area contributed by atoms with Gasteiger partial charge in [0.05, 0.1) is 41.6 Å². The number of aliphatic hydroxyl groups is 2. The summed E-state index contributed by atoms with van der Waals surface area (Å²) in [6, 6.07) is 10.7. The molecule has 11 nitrogen and oxygen atoms in total. The molecule has 286 valence electrons. The highest BCUT2D eigenvalue weighted by atomic mass is 28.4. The van der Waals surface area contributed by atoms with E-state index in [1.165, 1.54) is 6.92 Å². The molecule has 2 N–H and O–H groups in total. The molecule has 0 aromatic heterocycles. The highest BCUT2D eigenvalue weighted by molar-refractivity contribution is 6.73. The molecule has 4 fully saturated rings. The number of benzene rings is 1. The molecule has 1 unspecified atom stereocenters. The van der Waals surface area contributed by atoms with Crippen LogP contribution in [0.15, 0.2) is 41.5 Å². The summed E-state index contributed by atoms with van der Waals surface area (Å²) in [4.78, 5) is 57.0. The molecule has 1 aromatic carbocycles. The molecule has 4 aliphatic carbocycles. The van der Waals surface area contributed by atoms with Crippen LogP contribution < -0.4 is 0 Å². The first-order valence-corrected chi connectivity index (χ1v) is 21.6. The van der Waals surface area contributed by atoms with Gasteiger partial charge in [0.1, 0.15) is 17.8 Å².